The fourth-order valence-electron chi connectivity index (χ4n) is 3.41. The number of anilines is 1. The maximum Gasteiger partial charge on any atom is 0.321 e. The van der Waals surface area contributed by atoms with Crippen LogP contribution in [0.2, 0.25) is 0 Å². The summed E-state index contributed by atoms with van der Waals surface area (Å²) in [5.41, 5.74) is 3.34. The van der Waals surface area contributed by atoms with Gasteiger partial charge in [0.15, 0.2) is 0 Å². The molecule has 1 atom stereocenters. The van der Waals surface area contributed by atoms with E-state index >= 15 is 0 Å². The molecule has 26 heavy (non-hydrogen) atoms. The van der Waals surface area contributed by atoms with Gasteiger partial charge in [0, 0.05) is 36.3 Å². The third-order valence-corrected chi connectivity index (χ3v) is 4.73. The van der Waals surface area contributed by atoms with Crippen LogP contribution in [0.1, 0.15) is 30.1 Å². The van der Waals surface area contributed by atoms with Crippen LogP contribution in [0.3, 0.4) is 0 Å². The first-order chi connectivity index (χ1) is 12.7. The monoisotopic (exact) mass is 348 g/mol. The van der Waals surface area contributed by atoms with Crippen LogP contribution >= 0.6 is 0 Å². The Bertz CT molecular complexity index is 930. The Balaban J connectivity index is 1.52. The Morgan fingerprint density at radius 3 is 3.04 bits per heavy atom. The van der Waals surface area contributed by atoms with E-state index in [9.17, 15) is 4.79 Å². The van der Waals surface area contributed by atoms with Gasteiger partial charge in [-0.25, -0.2) is 14.8 Å². The van der Waals surface area contributed by atoms with Crippen LogP contribution in [0.15, 0.2) is 42.9 Å². The number of rotatable bonds is 2. The average molecular weight is 348 g/mol. The van der Waals surface area contributed by atoms with Gasteiger partial charge in [0.1, 0.15) is 6.33 Å². The topological polar surface area (TPSA) is 83.9 Å². The quantitative estimate of drug-likeness (QED) is 0.769. The second kappa shape index (κ2) is 7.03. The van der Waals surface area contributed by atoms with Crippen molar-refractivity contribution in [1.82, 2.24) is 25.1 Å². The van der Waals surface area contributed by atoms with Crippen molar-refractivity contribution in [2.75, 3.05) is 18.4 Å². The summed E-state index contributed by atoms with van der Waals surface area (Å²) in [4.78, 5) is 23.0. The van der Waals surface area contributed by atoms with Crippen molar-refractivity contribution < 1.29 is 4.79 Å². The first-order valence-electron chi connectivity index (χ1n) is 8.75. The Morgan fingerprint density at radius 1 is 1.27 bits per heavy atom. The number of amides is 2. The predicted octanol–water partition coefficient (Wildman–Crippen LogP) is 3.14. The van der Waals surface area contributed by atoms with Crippen LogP contribution in [0.5, 0.6) is 0 Å². The highest BCUT2D eigenvalue weighted by Gasteiger charge is 2.25. The summed E-state index contributed by atoms with van der Waals surface area (Å²) in [7, 11) is 0. The SMILES string of the molecule is Cc1cc2c(NC(=O)N3CCC[C@@H](c4ccncn4)C3)cccc2nn1. The van der Waals surface area contributed by atoms with Crippen molar-refractivity contribution >= 4 is 22.6 Å². The van der Waals surface area contributed by atoms with Crippen molar-refractivity contribution in [3.8, 4) is 0 Å². The molecular weight excluding hydrogens is 328 g/mol. The van der Waals surface area contributed by atoms with E-state index in [1.807, 2.05) is 42.2 Å². The molecule has 0 bridgehead atoms. The highest BCUT2D eigenvalue weighted by Crippen LogP contribution is 2.27. The van der Waals surface area contributed by atoms with Crippen LogP contribution < -0.4 is 5.32 Å². The lowest BCUT2D eigenvalue weighted by atomic mass is 9.95. The summed E-state index contributed by atoms with van der Waals surface area (Å²) in [6, 6.07) is 9.44. The number of carbonyl (C=O) groups excluding carboxylic acids is 1. The van der Waals surface area contributed by atoms with Crippen LogP contribution in [0.25, 0.3) is 10.9 Å². The zero-order valence-electron chi connectivity index (χ0n) is 14.6. The minimum Gasteiger partial charge on any atom is -0.324 e. The van der Waals surface area contributed by atoms with Crippen molar-refractivity contribution in [2.24, 2.45) is 0 Å². The second-order valence-corrected chi connectivity index (χ2v) is 6.57. The number of nitrogens with one attached hydrogen (secondary N) is 1. The van der Waals surface area contributed by atoms with Crippen molar-refractivity contribution in [3.05, 3.63) is 54.2 Å². The van der Waals surface area contributed by atoms with E-state index in [4.69, 9.17) is 0 Å². The smallest absolute Gasteiger partial charge is 0.321 e. The molecule has 7 heteroatoms. The fraction of sp³-hybridized carbons (Fsp3) is 0.316. The molecule has 132 valence electrons. The van der Waals surface area contributed by atoms with Gasteiger partial charge in [-0.05, 0) is 44.0 Å². The lowest BCUT2D eigenvalue weighted by molar-refractivity contribution is 0.192. The molecule has 1 aromatic carbocycles. The number of urea groups is 1. The molecule has 0 spiro atoms. The van der Waals surface area contributed by atoms with E-state index in [2.05, 4.69) is 25.5 Å². The average Bonchev–Trinajstić information content (AvgIpc) is 2.69. The number of aromatic nitrogens is 4. The number of hydrogen-bond donors (Lipinski definition) is 1. The molecule has 0 unspecified atom stereocenters. The van der Waals surface area contributed by atoms with Crippen molar-refractivity contribution in [2.45, 2.75) is 25.7 Å². The zero-order chi connectivity index (χ0) is 17.9. The van der Waals surface area contributed by atoms with Gasteiger partial charge < -0.3 is 10.2 Å². The third-order valence-electron chi connectivity index (χ3n) is 4.73. The molecule has 1 aliphatic heterocycles. The van der Waals surface area contributed by atoms with Gasteiger partial charge in [-0.3, -0.25) is 0 Å². The fourth-order valence-corrected chi connectivity index (χ4v) is 3.41. The predicted molar refractivity (Wildman–Crippen MR) is 98.9 cm³/mol. The molecule has 2 amide bonds. The lowest BCUT2D eigenvalue weighted by Gasteiger charge is -2.32. The summed E-state index contributed by atoms with van der Waals surface area (Å²) in [6.07, 6.45) is 5.31. The number of aryl methyl sites for hydroxylation is 1. The van der Waals surface area contributed by atoms with Crippen molar-refractivity contribution in [3.63, 3.8) is 0 Å². The van der Waals surface area contributed by atoms with E-state index in [1.54, 1.807) is 12.5 Å². The summed E-state index contributed by atoms with van der Waals surface area (Å²) in [5, 5.41) is 12.2. The van der Waals surface area contributed by atoms with Crippen LogP contribution in [-0.4, -0.2) is 44.2 Å². The minimum atomic E-state index is -0.0919. The molecule has 0 saturated carbocycles. The van der Waals surface area contributed by atoms with Gasteiger partial charge in [0.2, 0.25) is 0 Å². The van der Waals surface area contributed by atoms with E-state index in [0.717, 1.165) is 47.4 Å². The number of piperidine rings is 1. The van der Waals surface area contributed by atoms with Crippen LogP contribution in [-0.2, 0) is 0 Å². The third kappa shape index (κ3) is 3.33. The molecule has 2 aromatic heterocycles. The standard InChI is InChI=1S/C19H20N6O/c1-13-10-15-17(5-2-6-18(15)24-23-13)22-19(26)25-9-3-4-14(11-25)16-7-8-20-12-21-16/h2,5-8,10,12,14H,3-4,9,11H2,1H3,(H,22,26)/t14-/m1/s1. The Kier molecular flexibility index (Phi) is 4.43. The molecule has 1 aliphatic rings. The molecule has 7 nitrogen and oxygen atoms in total. The maximum atomic E-state index is 12.8. The van der Waals surface area contributed by atoms with Gasteiger partial charge in [-0.15, -0.1) is 0 Å². The molecule has 4 rings (SSSR count). The van der Waals surface area contributed by atoms with Gasteiger partial charge in [0.05, 0.1) is 16.9 Å². The molecule has 3 aromatic rings. The Morgan fingerprint density at radius 2 is 2.19 bits per heavy atom. The van der Waals surface area contributed by atoms with Crippen LogP contribution in [0.4, 0.5) is 10.5 Å². The van der Waals surface area contributed by atoms with E-state index in [-0.39, 0.29) is 11.9 Å². The maximum absolute atomic E-state index is 12.8. The van der Waals surface area contributed by atoms with Crippen LogP contribution in [0, 0.1) is 6.92 Å². The number of nitrogens with zero attached hydrogens (tertiary/aromatic N) is 5. The molecule has 0 radical (unpaired) electrons. The first-order valence-corrected chi connectivity index (χ1v) is 8.75. The summed E-state index contributed by atoms with van der Waals surface area (Å²) in [5.74, 6) is 0.248. The van der Waals surface area contributed by atoms with Gasteiger partial charge in [-0.2, -0.15) is 10.2 Å². The first kappa shape index (κ1) is 16.4. The second-order valence-electron chi connectivity index (χ2n) is 6.57. The number of hydrogen-bond acceptors (Lipinski definition) is 5. The molecule has 1 fully saturated rings. The highest BCUT2D eigenvalue weighted by atomic mass is 16.2. The Hall–Kier alpha value is -3.09. The molecule has 1 saturated heterocycles. The molecule has 1 N–H and O–H groups in total. The van der Waals surface area contributed by atoms with Gasteiger partial charge in [0.25, 0.3) is 0 Å². The minimum absolute atomic E-state index is 0.0919. The lowest BCUT2D eigenvalue weighted by Crippen LogP contribution is -2.41. The molecular formula is C19H20N6O. The van der Waals surface area contributed by atoms with Crippen molar-refractivity contribution in [1.29, 1.82) is 0 Å². The molecule has 3 heterocycles. The highest BCUT2D eigenvalue weighted by molar-refractivity contribution is 6.00. The summed E-state index contributed by atoms with van der Waals surface area (Å²) < 4.78 is 0. The van der Waals surface area contributed by atoms with Gasteiger partial charge >= 0.3 is 6.03 Å². The number of fused-ring (bicyclic) bond motifs is 1. The number of benzene rings is 1. The zero-order valence-corrected chi connectivity index (χ0v) is 14.6. The summed E-state index contributed by atoms with van der Waals surface area (Å²) >= 11 is 0. The Labute approximate surface area is 151 Å². The number of carbonyl (C=O) groups is 1. The van der Waals surface area contributed by atoms with E-state index in [0.29, 0.717) is 6.54 Å². The normalized spacial score (nSPS) is 17.3. The van der Waals surface area contributed by atoms with E-state index < -0.39 is 0 Å². The largest absolute Gasteiger partial charge is 0.324 e. The summed E-state index contributed by atoms with van der Waals surface area (Å²) in [6.45, 7) is 3.30. The van der Waals surface area contributed by atoms with Gasteiger partial charge in [-0.1, -0.05) is 6.07 Å². The van der Waals surface area contributed by atoms with E-state index in [1.165, 1.54) is 0 Å². The molecule has 0 aliphatic carbocycles. The number of likely N-dealkylation sites (tertiary alicyclic amines) is 1.